The molecule has 0 aliphatic heterocycles. The highest BCUT2D eigenvalue weighted by molar-refractivity contribution is 5.80. The largest absolute Gasteiger partial charge is 0.347 e. The Morgan fingerprint density at radius 3 is 2.35 bits per heavy atom. The molecule has 1 fully saturated rings. The van der Waals surface area contributed by atoms with E-state index in [1.165, 1.54) is 24.8 Å². The predicted molar refractivity (Wildman–Crippen MR) is 141 cm³/mol. The molecule has 0 amide bonds. The fourth-order valence-electron chi connectivity index (χ4n) is 5.36. The number of ether oxygens (including phenoxy) is 2. The zero-order chi connectivity index (χ0) is 25.7. The van der Waals surface area contributed by atoms with Gasteiger partial charge in [-0.3, -0.25) is 0 Å². The minimum atomic E-state index is -0.924. The molecule has 0 spiro atoms. The van der Waals surface area contributed by atoms with Gasteiger partial charge in [-0.15, -0.1) is 15.3 Å². The lowest BCUT2D eigenvalue weighted by molar-refractivity contribution is -0.225. The van der Waals surface area contributed by atoms with Crippen LogP contribution in [0.3, 0.4) is 0 Å². The van der Waals surface area contributed by atoms with Crippen molar-refractivity contribution in [3.63, 3.8) is 0 Å². The molecule has 1 saturated carbocycles. The molecule has 0 unspecified atom stereocenters. The van der Waals surface area contributed by atoms with E-state index in [1.54, 1.807) is 14.2 Å². The first kappa shape index (κ1) is 25.2. The van der Waals surface area contributed by atoms with Crippen molar-refractivity contribution >= 4 is 0 Å². The molecular weight excluding hydrogens is 466 g/mol. The summed E-state index contributed by atoms with van der Waals surface area (Å²) in [7, 11) is 3.34. The van der Waals surface area contributed by atoms with Gasteiger partial charge in [0.15, 0.2) is 0 Å². The number of tetrazole rings is 1. The normalized spacial score (nSPS) is 14.8. The summed E-state index contributed by atoms with van der Waals surface area (Å²) in [5.74, 6) is 1.23. The van der Waals surface area contributed by atoms with E-state index in [9.17, 15) is 0 Å². The van der Waals surface area contributed by atoms with Gasteiger partial charge in [-0.1, -0.05) is 81.1 Å². The summed E-state index contributed by atoms with van der Waals surface area (Å²) in [6.45, 7) is 2.12. The molecule has 0 atom stereocenters. The number of rotatable bonds is 10. The maximum atomic E-state index is 5.85. The number of H-pyrrole nitrogens is 1. The quantitative estimate of drug-likeness (QED) is 0.288. The Hall–Kier alpha value is -3.43. The van der Waals surface area contributed by atoms with E-state index < -0.39 is 5.79 Å². The van der Waals surface area contributed by atoms with Crippen molar-refractivity contribution in [2.45, 2.75) is 70.1 Å². The smallest absolute Gasteiger partial charge is 0.231 e. The molecule has 194 valence electrons. The molecule has 9 heteroatoms. The van der Waals surface area contributed by atoms with Gasteiger partial charge < -0.3 is 9.47 Å². The SMILES string of the molecule is CCCC(OC)(OC)c1nc(Cc2ccc(-c3ccccc3-c3nn[nH]n3)cc2)n(C2CCCCC2)n1. The molecule has 9 nitrogen and oxygen atoms in total. The molecule has 2 aromatic heterocycles. The maximum Gasteiger partial charge on any atom is 0.231 e. The number of methoxy groups -OCH3 is 2. The number of benzene rings is 2. The average Bonchev–Trinajstić information content (AvgIpc) is 3.64. The number of aromatic amines is 1. The highest BCUT2D eigenvalue weighted by Crippen LogP contribution is 2.34. The summed E-state index contributed by atoms with van der Waals surface area (Å²) in [6.07, 6.45) is 8.28. The Balaban J connectivity index is 1.46. The monoisotopic (exact) mass is 501 g/mol. The molecule has 0 radical (unpaired) electrons. The van der Waals surface area contributed by atoms with Gasteiger partial charge in [0.1, 0.15) is 5.82 Å². The van der Waals surface area contributed by atoms with Crippen LogP contribution in [0.15, 0.2) is 48.5 Å². The molecule has 37 heavy (non-hydrogen) atoms. The van der Waals surface area contributed by atoms with E-state index in [0.29, 0.717) is 30.5 Å². The molecule has 0 bridgehead atoms. The lowest BCUT2D eigenvalue weighted by atomic mass is 9.95. The van der Waals surface area contributed by atoms with Crippen LogP contribution in [0, 0.1) is 0 Å². The second kappa shape index (κ2) is 11.3. The van der Waals surface area contributed by atoms with Crippen LogP contribution < -0.4 is 0 Å². The zero-order valence-electron chi connectivity index (χ0n) is 21.9. The van der Waals surface area contributed by atoms with Crippen LogP contribution in [0.5, 0.6) is 0 Å². The summed E-state index contributed by atoms with van der Waals surface area (Å²) in [6, 6.07) is 17.1. The second-order valence-corrected chi connectivity index (χ2v) is 9.65. The Labute approximate surface area is 217 Å². The number of hydrogen-bond acceptors (Lipinski definition) is 7. The number of nitrogens with zero attached hydrogens (tertiary/aromatic N) is 6. The first-order valence-corrected chi connectivity index (χ1v) is 13.2. The summed E-state index contributed by atoms with van der Waals surface area (Å²) in [5, 5.41) is 19.6. The Bertz CT molecular complexity index is 1270. The van der Waals surface area contributed by atoms with Crippen molar-refractivity contribution in [2.75, 3.05) is 14.2 Å². The van der Waals surface area contributed by atoms with Crippen LogP contribution >= 0.6 is 0 Å². The highest BCUT2D eigenvalue weighted by Gasteiger charge is 2.37. The van der Waals surface area contributed by atoms with Crippen molar-refractivity contribution in [1.82, 2.24) is 35.4 Å². The summed E-state index contributed by atoms with van der Waals surface area (Å²) in [5.41, 5.74) is 4.27. The summed E-state index contributed by atoms with van der Waals surface area (Å²) >= 11 is 0. The van der Waals surface area contributed by atoms with E-state index >= 15 is 0 Å². The zero-order valence-corrected chi connectivity index (χ0v) is 21.9. The lowest BCUT2D eigenvalue weighted by Crippen LogP contribution is -2.32. The van der Waals surface area contributed by atoms with E-state index in [0.717, 1.165) is 41.8 Å². The van der Waals surface area contributed by atoms with Crippen LogP contribution in [0.2, 0.25) is 0 Å². The standard InChI is InChI=1S/C28H35N7O2/c1-4-18-28(36-2,37-3)27-29-25(35(32-27)22-10-6-5-7-11-22)19-20-14-16-21(17-15-20)23-12-8-9-13-24(23)26-30-33-34-31-26/h8-9,12-17,22H,4-7,10-11,18-19H2,1-3H3,(H,30,31,33,34). The minimum Gasteiger partial charge on any atom is -0.347 e. The van der Waals surface area contributed by atoms with Crippen LogP contribution in [0.1, 0.15) is 75.1 Å². The third-order valence-electron chi connectivity index (χ3n) is 7.34. The van der Waals surface area contributed by atoms with Crippen molar-refractivity contribution in [1.29, 1.82) is 0 Å². The van der Waals surface area contributed by atoms with Gasteiger partial charge in [-0.2, -0.15) is 5.21 Å². The van der Waals surface area contributed by atoms with Crippen LogP contribution in [0.25, 0.3) is 22.5 Å². The molecule has 1 N–H and O–H groups in total. The Morgan fingerprint density at radius 2 is 1.70 bits per heavy atom. The predicted octanol–water partition coefficient (Wildman–Crippen LogP) is 5.47. The van der Waals surface area contributed by atoms with Crippen LogP contribution in [0.4, 0.5) is 0 Å². The third-order valence-corrected chi connectivity index (χ3v) is 7.34. The summed E-state index contributed by atoms with van der Waals surface area (Å²) < 4.78 is 13.8. The molecule has 4 aromatic rings. The molecule has 1 aliphatic rings. The molecule has 2 aromatic carbocycles. The van der Waals surface area contributed by atoms with Gasteiger partial charge >= 0.3 is 0 Å². The number of nitrogens with one attached hydrogen (secondary N) is 1. The van der Waals surface area contributed by atoms with Crippen LogP contribution in [-0.4, -0.2) is 49.6 Å². The van der Waals surface area contributed by atoms with E-state index in [2.05, 4.69) is 62.6 Å². The van der Waals surface area contributed by atoms with Gasteiger partial charge in [0.2, 0.25) is 17.4 Å². The number of hydrogen-bond donors (Lipinski definition) is 1. The van der Waals surface area contributed by atoms with Gasteiger partial charge in [-0.25, -0.2) is 9.67 Å². The van der Waals surface area contributed by atoms with Gasteiger partial charge in [0, 0.05) is 32.6 Å². The highest BCUT2D eigenvalue weighted by atomic mass is 16.7. The van der Waals surface area contributed by atoms with Gasteiger partial charge in [0.05, 0.1) is 6.04 Å². The van der Waals surface area contributed by atoms with Crippen molar-refractivity contribution < 1.29 is 9.47 Å². The van der Waals surface area contributed by atoms with Gasteiger partial charge in [-0.05, 0) is 34.7 Å². The molecule has 1 aliphatic carbocycles. The first-order chi connectivity index (χ1) is 18.2. The van der Waals surface area contributed by atoms with Crippen LogP contribution in [-0.2, 0) is 21.7 Å². The fraction of sp³-hybridized carbons (Fsp3) is 0.464. The third kappa shape index (κ3) is 5.19. The Kier molecular flexibility index (Phi) is 7.71. The lowest BCUT2D eigenvalue weighted by Gasteiger charge is -2.27. The average molecular weight is 502 g/mol. The minimum absolute atomic E-state index is 0.360. The number of aromatic nitrogens is 7. The van der Waals surface area contributed by atoms with E-state index in [1.807, 2.05) is 18.2 Å². The summed E-state index contributed by atoms with van der Waals surface area (Å²) in [4.78, 5) is 5.02. The van der Waals surface area contributed by atoms with Crippen molar-refractivity contribution in [3.05, 3.63) is 65.7 Å². The fourth-order valence-corrected chi connectivity index (χ4v) is 5.36. The Morgan fingerprint density at radius 1 is 0.973 bits per heavy atom. The molecule has 0 saturated heterocycles. The van der Waals surface area contributed by atoms with E-state index in [-0.39, 0.29) is 0 Å². The second-order valence-electron chi connectivity index (χ2n) is 9.65. The molecule has 5 rings (SSSR count). The topological polar surface area (TPSA) is 104 Å². The molecule has 2 heterocycles. The van der Waals surface area contributed by atoms with Gasteiger partial charge in [0.25, 0.3) is 0 Å². The maximum absolute atomic E-state index is 5.85. The first-order valence-electron chi connectivity index (χ1n) is 13.2. The molecular formula is C28H35N7O2. The van der Waals surface area contributed by atoms with Crippen molar-refractivity contribution in [3.8, 4) is 22.5 Å². The van der Waals surface area contributed by atoms with E-state index in [4.69, 9.17) is 19.6 Å². The van der Waals surface area contributed by atoms with Crippen molar-refractivity contribution in [2.24, 2.45) is 0 Å².